The van der Waals surface area contributed by atoms with Crippen LogP contribution < -0.4 is 40.2 Å². The molecule has 0 saturated carbocycles. The van der Waals surface area contributed by atoms with Gasteiger partial charge in [-0.15, -0.1) is 0 Å². The molecule has 15 nitrogen and oxygen atoms in total. The van der Waals surface area contributed by atoms with E-state index in [4.69, 9.17) is 9.84 Å². The Morgan fingerprint density at radius 3 is 1.38 bits per heavy atom. The van der Waals surface area contributed by atoms with E-state index in [-0.39, 0.29) is 64.5 Å². The van der Waals surface area contributed by atoms with Gasteiger partial charge in [-0.3, -0.25) is 19.6 Å². The SMILES string of the molecule is COC(=O)c1ccc([C@H](C)NC(=O)c2cnn3cccc(Cc4cc5ccccc5cn4)c23)cc1.C[C@H](NC(=O)c1cnn2cccc(Cc3cc4ccccc4cn3)c12)c1ccc(C(=O)O)cc1.[Na+].[OH-]. The summed E-state index contributed by atoms with van der Waals surface area (Å²) in [5.74, 6) is -1.84. The van der Waals surface area contributed by atoms with E-state index in [0.29, 0.717) is 29.5 Å². The summed E-state index contributed by atoms with van der Waals surface area (Å²) in [6.45, 7) is 3.76. The van der Waals surface area contributed by atoms with Gasteiger partial charge < -0.3 is 26.0 Å². The number of hydrogen-bond acceptors (Lipinski definition) is 10. The second kappa shape index (κ2) is 22.6. The predicted octanol–water partition coefficient (Wildman–Crippen LogP) is 6.24. The number of hydrogen-bond donors (Lipinski definition) is 3. The zero-order valence-corrected chi connectivity index (χ0v) is 41.4. The van der Waals surface area contributed by atoms with Crippen LogP contribution >= 0.6 is 0 Å². The molecule has 2 amide bonds. The van der Waals surface area contributed by atoms with E-state index in [1.165, 1.54) is 19.2 Å². The number of carbonyl (C=O) groups is 4. The molecule has 350 valence electrons. The van der Waals surface area contributed by atoms with Crippen molar-refractivity contribution in [2.45, 2.75) is 38.8 Å². The van der Waals surface area contributed by atoms with Crippen molar-refractivity contribution in [1.29, 1.82) is 0 Å². The number of carboxylic acid groups (broad SMARTS) is 1. The van der Waals surface area contributed by atoms with E-state index < -0.39 is 11.9 Å². The molecule has 4 aromatic carbocycles. The number of fused-ring (bicyclic) bond motifs is 4. The minimum Gasteiger partial charge on any atom is -0.870 e. The van der Waals surface area contributed by atoms with Crippen LogP contribution in [-0.4, -0.2) is 70.6 Å². The van der Waals surface area contributed by atoms with Gasteiger partial charge in [0.15, 0.2) is 0 Å². The summed E-state index contributed by atoms with van der Waals surface area (Å²) in [5.41, 5.74) is 8.58. The van der Waals surface area contributed by atoms with Gasteiger partial charge in [0.1, 0.15) is 0 Å². The molecule has 6 heterocycles. The number of ether oxygens (including phenoxy) is 1. The van der Waals surface area contributed by atoms with E-state index >= 15 is 0 Å². The molecule has 6 aromatic heterocycles. The second-order valence-corrected chi connectivity index (χ2v) is 16.6. The Morgan fingerprint density at radius 2 is 0.972 bits per heavy atom. The third-order valence-electron chi connectivity index (χ3n) is 12.0. The summed E-state index contributed by atoms with van der Waals surface area (Å²) >= 11 is 0. The van der Waals surface area contributed by atoms with Crippen LogP contribution in [0, 0.1) is 0 Å². The average molecular weight is 955 g/mol. The smallest absolute Gasteiger partial charge is 0.870 e. The number of nitrogens with zero attached hydrogens (tertiary/aromatic N) is 6. The maximum absolute atomic E-state index is 13.3. The third-order valence-corrected chi connectivity index (χ3v) is 12.0. The van der Waals surface area contributed by atoms with Crippen molar-refractivity contribution < 1.29 is 64.1 Å². The van der Waals surface area contributed by atoms with Crippen LogP contribution in [0.5, 0.6) is 0 Å². The van der Waals surface area contributed by atoms with E-state index in [0.717, 1.165) is 66.2 Å². The minimum atomic E-state index is -0.983. The molecule has 10 rings (SSSR count). The summed E-state index contributed by atoms with van der Waals surface area (Å²) in [7, 11) is 1.35. The van der Waals surface area contributed by atoms with Gasteiger partial charge in [0, 0.05) is 59.8 Å². The topological polar surface area (TPSA) is 212 Å². The van der Waals surface area contributed by atoms with Crippen molar-refractivity contribution in [2.24, 2.45) is 0 Å². The molecule has 10 aromatic rings. The first-order valence-corrected chi connectivity index (χ1v) is 22.2. The zero-order chi connectivity index (χ0) is 48.0. The Bertz CT molecular complexity index is 3540. The van der Waals surface area contributed by atoms with E-state index in [2.05, 4.69) is 55.1 Å². The zero-order valence-electron chi connectivity index (χ0n) is 39.4. The standard InChI is InChI=1S/C28H24N4O3.C27H22N4O3.Na.H2O/c1-18(19-9-11-20(12-10-19)28(34)35-2)31-27(33)25-17-30-32-13-5-8-22(26(25)32)15-24-14-21-6-3-4-7-23(21)16-29-24;1-17(18-8-10-19(11-9-18)27(33)34)30-26(32)24-16-29-31-12-4-7-21(25(24)31)14-23-13-20-5-2-3-6-22(20)15-28-23;;/h3-14,16-18H,15H2,1-2H3,(H,31,33);2-13,15-17H,14H2,1H3,(H,30,32)(H,33,34);;1H2/q;;+1;/p-1/t18-;17-;;/m00../s1. The second-order valence-electron chi connectivity index (χ2n) is 16.6. The molecule has 0 aliphatic heterocycles. The third kappa shape index (κ3) is 11.4. The number of carbonyl (C=O) groups excluding carboxylic acids is 3. The Morgan fingerprint density at radius 1 is 0.563 bits per heavy atom. The molecule has 16 heteroatoms. The minimum absolute atomic E-state index is 0. The fraction of sp³-hybridized carbons (Fsp3) is 0.127. The quantitative estimate of drug-likeness (QED) is 0.0922. The van der Waals surface area contributed by atoms with Crippen molar-refractivity contribution >= 4 is 56.3 Å². The van der Waals surface area contributed by atoms with E-state index in [1.54, 1.807) is 45.7 Å². The molecule has 4 N–H and O–H groups in total. The van der Waals surface area contributed by atoms with Crippen LogP contribution in [-0.2, 0) is 17.6 Å². The number of rotatable bonds is 12. The van der Waals surface area contributed by atoms with Gasteiger partial charge in [-0.2, -0.15) is 10.2 Å². The van der Waals surface area contributed by atoms with Crippen molar-refractivity contribution in [2.75, 3.05) is 7.11 Å². The molecule has 0 bridgehead atoms. The molecule has 0 saturated heterocycles. The van der Waals surface area contributed by atoms with Gasteiger partial charge >= 0.3 is 41.5 Å². The van der Waals surface area contributed by atoms with Gasteiger partial charge in [0.25, 0.3) is 11.8 Å². The maximum atomic E-state index is 13.3. The van der Waals surface area contributed by atoms with Crippen LogP contribution in [0.2, 0.25) is 0 Å². The Balaban J connectivity index is 0.000000203. The molecule has 2 atom stereocenters. The monoisotopic (exact) mass is 954 g/mol. The molecule has 0 aliphatic carbocycles. The van der Waals surface area contributed by atoms with Gasteiger partial charge in [-0.25, -0.2) is 18.6 Å². The fourth-order valence-corrected chi connectivity index (χ4v) is 8.35. The van der Waals surface area contributed by atoms with Crippen LogP contribution in [0.15, 0.2) is 171 Å². The number of nitrogens with one attached hydrogen (secondary N) is 2. The van der Waals surface area contributed by atoms with E-state index in [9.17, 15) is 19.2 Å². The largest absolute Gasteiger partial charge is 1.00 e. The molecule has 0 spiro atoms. The molecule has 71 heavy (non-hydrogen) atoms. The van der Waals surface area contributed by atoms with Gasteiger partial charge in [0.05, 0.1) is 64.9 Å². The summed E-state index contributed by atoms with van der Waals surface area (Å²) in [4.78, 5) is 58.4. The molecular formula is C55H47N8NaO7. The molecular weight excluding hydrogens is 908 g/mol. The summed E-state index contributed by atoms with van der Waals surface area (Å²) in [6.07, 6.45) is 11.7. The molecule has 0 fully saturated rings. The summed E-state index contributed by atoms with van der Waals surface area (Å²) in [5, 5.41) is 28.3. The van der Waals surface area contributed by atoms with Gasteiger partial charge in [0.2, 0.25) is 0 Å². The van der Waals surface area contributed by atoms with Crippen molar-refractivity contribution in [3.8, 4) is 0 Å². The number of carboxylic acids is 1. The Hall–Kier alpha value is -8.08. The van der Waals surface area contributed by atoms with Crippen LogP contribution in [0.25, 0.3) is 32.6 Å². The van der Waals surface area contributed by atoms with Crippen molar-refractivity contribution in [3.05, 3.63) is 227 Å². The maximum Gasteiger partial charge on any atom is 1.00 e. The van der Waals surface area contributed by atoms with Crippen LogP contribution in [0.4, 0.5) is 0 Å². The Kier molecular flexibility index (Phi) is 16.1. The first-order valence-electron chi connectivity index (χ1n) is 22.2. The molecule has 0 aliphatic rings. The van der Waals surface area contributed by atoms with Gasteiger partial charge in [-0.05, 0) is 95.4 Å². The van der Waals surface area contributed by atoms with Crippen molar-refractivity contribution in [3.63, 3.8) is 0 Å². The summed E-state index contributed by atoms with van der Waals surface area (Å²) < 4.78 is 8.17. The molecule has 0 unspecified atom stereocenters. The van der Waals surface area contributed by atoms with Crippen LogP contribution in [0.1, 0.15) is 101 Å². The predicted molar refractivity (Wildman–Crippen MR) is 264 cm³/mol. The molecule has 0 radical (unpaired) electrons. The van der Waals surface area contributed by atoms with E-state index in [1.807, 2.05) is 111 Å². The van der Waals surface area contributed by atoms with Crippen molar-refractivity contribution in [1.82, 2.24) is 39.8 Å². The number of methoxy groups -OCH3 is 1. The summed E-state index contributed by atoms with van der Waals surface area (Å²) in [6, 6.07) is 41.1. The number of pyridine rings is 4. The number of aromatic nitrogens is 6. The Labute approximate surface area is 430 Å². The first kappa shape index (κ1) is 50.8. The average Bonchev–Trinajstić information content (AvgIpc) is 4.03. The number of aromatic carboxylic acids is 1. The van der Waals surface area contributed by atoms with Gasteiger partial charge in [-0.1, -0.05) is 84.9 Å². The van der Waals surface area contributed by atoms with Crippen LogP contribution in [0.3, 0.4) is 0 Å². The normalized spacial score (nSPS) is 11.6. The first-order chi connectivity index (χ1) is 33.5. The number of esters is 1. The number of amides is 2. The number of benzene rings is 4. The fourth-order valence-electron chi connectivity index (χ4n) is 8.35.